The summed E-state index contributed by atoms with van der Waals surface area (Å²) in [6.45, 7) is 15.4. The molecule has 1 fully saturated rings. The fraction of sp³-hybridized carbons (Fsp3) is 0.436. The Balaban J connectivity index is 1.43. The Morgan fingerprint density at radius 1 is 0.896 bits per heavy atom. The summed E-state index contributed by atoms with van der Waals surface area (Å²) < 4.78 is 32.6. The zero-order valence-corrected chi connectivity index (χ0v) is 31.2. The predicted molar refractivity (Wildman–Crippen MR) is 199 cm³/mol. The van der Waals surface area contributed by atoms with Crippen LogP contribution in [-0.2, 0) is 15.6 Å². The van der Waals surface area contributed by atoms with Crippen LogP contribution in [0.2, 0.25) is 18.1 Å². The van der Waals surface area contributed by atoms with Crippen LogP contribution in [0.4, 0.5) is 0 Å². The molecule has 1 N–H and O–H groups in total. The minimum Gasteiger partial charge on any atom is -0.544 e. The van der Waals surface area contributed by atoms with Gasteiger partial charge in [0.1, 0.15) is 54.5 Å². The van der Waals surface area contributed by atoms with Crippen LogP contribution >= 0.6 is 0 Å². The number of rotatable bonds is 9. The molecule has 7 nitrogen and oxygen atoms in total. The SMILES string of the molecule is C[S+](C)Oc1ccc2c(c1)OCC(O[Si](C)(C)C(C)(C)C)=CC1=C2C(c2ccc(OCCN3CCCCC3)cc2)Oc2cc(O)ccc21. The maximum absolute atomic E-state index is 10.5. The van der Waals surface area contributed by atoms with E-state index in [1.165, 1.54) is 19.3 Å². The van der Waals surface area contributed by atoms with Crippen LogP contribution < -0.4 is 18.4 Å². The molecule has 0 amide bonds. The Morgan fingerprint density at radius 2 is 1.60 bits per heavy atom. The van der Waals surface area contributed by atoms with Crippen LogP contribution in [0.15, 0.2) is 72.5 Å². The number of fused-ring (bicyclic) bond motifs is 4. The van der Waals surface area contributed by atoms with Crippen molar-refractivity contribution in [1.82, 2.24) is 4.90 Å². The Labute approximate surface area is 290 Å². The molecule has 0 aromatic heterocycles. The largest absolute Gasteiger partial charge is 0.544 e. The Bertz CT molecular complexity index is 1670. The minimum atomic E-state index is -2.20. The first-order valence-electron chi connectivity index (χ1n) is 17.0. The highest BCUT2D eigenvalue weighted by Gasteiger charge is 2.40. The van der Waals surface area contributed by atoms with E-state index in [4.69, 9.17) is 22.8 Å². The molecule has 0 aliphatic carbocycles. The number of aromatic hydroxyl groups is 1. The van der Waals surface area contributed by atoms with Gasteiger partial charge in [0.15, 0.2) is 23.0 Å². The van der Waals surface area contributed by atoms with E-state index in [0.29, 0.717) is 18.1 Å². The number of hydrogen-bond acceptors (Lipinski definition) is 7. The molecule has 1 unspecified atom stereocenters. The molecule has 3 aliphatic heterocycles. The Hall–Kier alpha value is -3.53. The maximum Gasteiger partial charge on any atom is 0.250 e. The number of benzene rings is 3. The molecule has 0 spiro atoms. The molecule has 0 bridgehead atoms. The first-order chi connectivity index (χ1) is 22.9. The van der Waals surface area contributed by atoms with E-state index < -0.39 is 14.4 Å². The van der Waals surface area contributed by atoms with E-state index in [2.05, 4.69) is 63.0 Å². The third-order valence-electron chi connectivity index (χ3n) is 9.73. The van der Waals surface area contributed by atoms with Gasteiger partial charge in [0.25, 0.3) is 0 Å². The summed E-state index contributed by atoms with van der Waals surface area (Å²) in [5, 5.41) is 10.5. The first kappa shape index (κ1) is 34.3. The van der Waals surface area contributed by atoms with E-state index in [-0.39, 0.29) is 28.6 Å². The molecule has 3 aromatic carbocycles. The van der Waals surface area contributed by atoms with Crippen molar-refractivity contribution < 1.29 is 27.9 Å². The standard InChI is InChI=1S/C39H49NO6SSi/c1-39(2,3)48(6,7)46-31-24-34-32-17-13-28(41)23-36(32)44-38(37(34)33-18-16-30(45-47(4)5)25-35(33)43-26-31)27-11-14-29(15-12-27)42-22-21-40-19-9-8-10-20-40/h11-18,23-25,38H,8-10,19-22,26H2,1-7H3/p+1. The third-order valence-corrected chi connectivity index (χ3v) is 14.6. The summed E-state index contributed by atoms with van der Waals surface area (Å²) in [4.78, 5) is 2.48. The molecule has 6 rings (SSSR count). The number of piperidine rings is 1. The van der Waals surface area contributed by atoms with E-state index >= 15 is 0 Å². The summed E-state index contributed by atoms with van der Waals surface area (Å²) in [5.74, 6) is 3.85. The zero-order chi connectivity index (χ0) is 34.1. The molecular formula is C39H50NO6SSi+. The van der Waals surface area contributed by atoms with Crippen molar-refractivity contribution in [3.63, 3.8) is 0 Å². The van der Waals surface area contributed by atoms with Gasteiger partial charge in [-0.15, -0.1) is 0 Å². The molecule has 3 heterocycles. The minimum absolute atomic E-state index is 0.00400. The summed E-state index contributed by atoms with van der Waals surface area (Å²) in [7, 11) is -2.20. The topological polar surface area (TPSA) is 69.6 Å². The van der Waals surface area contributed by atoms with Crippen LogP contribution in [0.3, 0.4) is 0 Å². The number of likely N-dealkylation sites (tertiary alicyclic amines) is 1. The van der Waals surface area contributed by atoms with Crippen molar-refractivity contribution in [3.05, 3.63) is 89.2 Å². The van der Waals surface area contributed by atoms with Gasteiger partial charge in [-0.05, 0) is 97.7 Å². The van der Waals surface area contributed by atoms with E-state index in [9.17, 15) is 5.11 Å². The molecule has 256 valence electrons. The normalized spacial score (nSPS) is 18.3. The molecule has 9 heteroatoms. The number of nitrogens with zero attached hydrogens (tertiary/aromatic N) is 1. The number of phenols is 1. The molecular weight excluding hydrogens is 639 g/mol. The lowest BCUT2D eigenvalue weighted by Gasteiger charge is -2.38. The molecule has 0 radical (unpaired) electrons. The third kappa shape index (κ3) is 7.69. The zero-order valence-electron chi connectivity index (χ0n) is 29.4. The van der Waals surface area contributed by atoms with Gasteiger partial charge in [0, 0.05) is 35.4 Å². The molecule has 48 heavy (non-hydrogen) atoms. The number of hydrogen-bond donors (Lipinski definition) is 1. The van der Waals surface area contributed by atoms with Crippen molar-refractivity contribution in [2.45, 2.75) is 64.3 Å². The van der Waals surface area contributed by atoms with Crippen molar-refractivity contribution in [2.75, 3.05) is 45.4 Å². The van der Waals surface area contributed by atoms with E-state index in [1.807, 2.05) is 42.8 Å². The van der Waals surface area contributed by atoms with Crippen LogP contribution in [0.5, 0.6) is 28.7 Å². The van der Waals surface area contributed by atoms with Crippen molar-refractivity contribution >= 4 is 30.6 Å². The van der Waals surface area contributed by atoms with Crippen LogP contribution in [0.1, 0.15) is 62.8 Å². The fourth-order valence-electron chi connectivity index (χ4n) is 6.17. The number of allylic oxidation sites excluding steroid dienone is 2. The second-order valence-electron chi connectivity index (χ2n) is 14.6. The van der Waals surface area contributed by atoms with Crippen molar-refractivity contribution in [3.8, 4) is 28.7 Å². The van der Waals surface area contributed by atoms with E-state index in [0.717, 1.165) is 64.7 Å². The van der Waals surface area contributed by atoms with Gasteiger partial charge >= 0.3 is 0 Å². The lowest BCUT2D eigenvalue weighted by atomic mass is 9.84. The highest BCUT2D eigenvalue weighted by atomic mass is 32.2. The first-order valence-corrected chi connectivity index (χ1v) is 21.9. The molecule has 3 aromatic rings. The number of ether oxygens (including phenoxy) is 3. The average Bonchev–Trinajstić information content (AvgIpc) is 3.03. The van der Waals surface area contributed by atoms with Gasteiger partial charge in [-0.2, -0.15) is 0 Å². The summed E-state index contributed by atoms with van der Waals surface area (Å²) >= 11 is -0.250. The average molecular weight is 689 g/mol. The highest BCUT2D eigenvalue weighted by Crippen LogP contribution is 2.52. The Kier molecular flexibility index (Phi) is 10.1. The van der Waals surface area contributed by atoms with Crippen molar-refractivity contribution in [1.29, 1.82) is 0 Å². The monoisotopic (exact) mass is 688 g/mol. The predicted octanol–water partition coefficient (Wildman–Crippen LogP) is 8.77. The lowest BCUT2D eigenvalue weighted by molar-refractivity contribution is 0.183. The fourth-order valence-corrected chi connectivity index (χ4v) is 7.74. The van der Waals surface area contributed by atoms with Crippen LogP contribution in [-0.4, -0.2) is 63.7 Å². The number of phenolic OH excluding ortho intramolecular Hbond substituents is 1. The second-order valence-corrected chi connectivity index (χ2v) is 20.9. The second kappa shape index (κ2) is 14.1. The van der Waals surface area contributed by atoms with Gasteiger partial charge in [-0.1, -0.05) is 39.3 Å². The van der Waals surface area contributed by atoms with Crippen LogP contribution in [0.25, 0.3) is 11.1 Å². The maximum atomic E-state index is 10.5. The van der Waals surface area contributed by atoms with Gasteiger partial charge in [-0.3, -0.25) is 9.08 Å². The molecule has 1 atom stereocenters. The van der Waals surface area contributed by atoms with Gasteiger partial charge in [-0.25, -0.2) is 0 Å². The molecule has 1 saturated heterocycles. The smallest absolute Gasteiger partial charge is 0.250 e. The van der Waals surface area contributed by atoms with Crippen molar-refractivity contribution in [2.24, 2.45) is 0 Å². The lowest BCUT2D eigenvalue weighted by Crippen LogP contribution is -2.41. The van der Waals surface area contributed by atoms with Gasteiger partial charge in [0.2, 0.25) is 8.32 Å². The molecule has 0 saturated carbocycles. The van der Waals surface area contributed by atoms with Gasteiger partial charge in [0.05, 0.1) is 0 Å². The highest BCUT2D eigenvalue weighted by molar-refractivity contribution is 7.91. The van der Waals surface area contributed by atoms with E-state index in [1.54, 1.807) is 12.1 Å². The summed E-state index contributed by atoms with van der Waals surface area (Å²) in [6, 6.07) is 19.6. The van der Waals surface area contributed by atoms with Gasteiger partial charge < -0.3 is 23.7 Å². The summed E-state index contributed by atoms with van der Waals surface area (Å²) in [6.07, 6.45) is 9.61. The Morgan fingerprint density at radius 3 is 2.31 bits per heavy atom. The van der Waals surface area contributed by atoms with Crippen LogP contribution in [0, 0.1) is 0 Å². The summed E-state index contributed by atoms with van der Waals surface area (Å²) in [5.41, 5.74) is 4.75. The quantitative estimate of drug-likeness (QED) is 0.178. The molecule has 3 aliphatic rings.